The molecule has 4 aliphatic heterocycles. The summed E-state index contributed by atoms with van der Waals surface area (Å²) in [5.74, 6) is 0.236. The van der Waals surface area contributed by atoms with Gasteiger partial charge in [0.1, 0.15) is 11.8 Å². The summed E-state index contributed by atoms with van der Waals surface area (Å²) in [7, 11) is 0. The van der Waals surface area contributed by atoms with Gasteiger partial charge in [0.15, 0.2) is 0 Å². The molecule has 55 heavy (non-hydrogen) atoms. The van der Waals surface area contributed by atoms with E-state index in [1.165, 1.54) is 51.9 Å². The lowest BCUT2D eigenvalue weighted by atomic mass is 9.88. The molecule has 2 N–H and O–H groups in total. The van der Waals surface area contributed by atoms with E-state index in [9.17, 15) is 19.5 Å². The van der Waals surface area contributed by atoms with Gasteiger partial charge in [-0.05, 0) is 138 Å². The van der Waals surface area contributed by atoms with E-state index in [0.29, 0.717) is 30.2 Å². The molecule has 10 nitrogen and oxygen atoms in total. The Bertz CT molecular complexity index is 2130. The van der Waals surface area contributed by atoms with E-state index in [4.69, 9.17) is 0 Å². The molecular weight excluding hydrogens is 689 g/mol. The average Bonchev–Trinajstić information content (AvgIpc) is 3.41. The molecule has 0 unspecified atom stereocenters. The smallest absolute Gasteiger partial charge is 0.255 e. The highest BCUT2D eigenvalue weighted by Gasteiger charge is 2.39. The van der Waals surface area contributed by atoms with Gasteiger partial charge in [-0.1, -0.05) is 18.2 Å². The molecule has 10 heteroatoms. The van der Waals surface area contributed by atoms with Gasteiger partial charge in [0.25, 0.3) is 5.91 Å². The van der Waals surface area contributed by atoms with Crippen LogP contribution in [0, 0.1) is 5.92 Å². The largest absolute Gasteiger partial charge is 0.508 e. The van der Waals surface area contributed by atoms with Gasteiger partial charge < -0.3 is 19.8 Å². The number of anilines is 2. The third-order valence-corrected chi connectivity index (χ3v) is 12.5. The van der Waals surface area contributed by atoms with E-state index < -0.39 is 6.04 Å². The molecule has 282 valence electrons. The summed E-state index contributed by atoms with van der Waals surface area (Å²) >= 11 is 0. The van der Waals surface area contributed by atoms with E-state index in [-0.39, 0.29) is 24.1 Å². The zero-order valence-corrected chi connectivity index (χ0v) is 31.3. The van der Waals surface area contributed by atoms with Crippen LogP contribution < -0.4 is 15.1 Å². The summed E-state index contributed by atoms with van der Waals surface area (Å²) in [4.78, 5) is 50.7. The van der Waals surface area contributed by atoms with Gasteiger partial charge in [0.2, 0.25) is 11.8 Å². The number of fused-ring (bicyclic) bond motifs is 2. The highest BCUT2D eigenvalue weighted by Crippen LogP contribution is 2.41. The van der Waals surface area contributed by atoms with Crippen molar-refractivity contribution in [3.63, 3.8) is 0 Å². The van der Waals surface area contributed by atoms with E-state index in [1.54, 1.807) is 4.90 Å². The molecule has 0 bridgehead atoms. The normalized spacial score (nSPS) is 21.1. The number of nitrogens with zero attached hydrogens (tertiary/aromatic N) is 5. The second kappa shape index (κ2) is 15.0. The molecule has 1 aliphatic carbocycles. The summed E-state index contributed by atoms with van der Waals surface area (Å²) in [5.41, 5.74) is 11.4. The van der Waals surface area contributed by atoms with Crippen LogP contribution in [0.1, 0.15) is 76.7 Å². The molecule has 0 radical (unpaired) electrons. The number of hydrogen-bond acceptors (Lipinski definition) is 8. The number of phenols is 1. The fourth-order valence-corrected chi connectivity index (χ4v) is 9.47. The van der Waals surface area contributed by atoms with Crippen molar-refractivity contribution in [1.29, 1.82) is 0 Å². The summed E-state index contributed by atoms with van der Waals surface area (Å²) in [6, 6.07) is 24.7. The predicted molar refractivity (Wildman–Crippen MR) is 214 cm³/mol. The number of allylic oxidation sites excluding steroid dienone is 1. The number of piperidine rings is 2. The van der Waals surface area contributed by atoms with Crippen molar-refractivity contribution < 1.29 is 19.5 Å². The Hall–Kier alpha value is -5.48. The molecule has 3 fully saturated rings. The Labute approximate surface area is 322 Å². The van der Waals surface area contributed by atoms with Crippen molar-refractivity contribution in [3.8, 4) is 5.75 Å². The van der Waals surface area contributed by atoms with Crippen LogP contribution in [0.15, 0.2) is 85.2 Å². The molecule has 5 heterocycles. The topological polar surface area (TPSA) is 109 Å². The highest BCUT2D eigenvalue weighted by atomic mass is 16.3. The highest BCUT2D eigenvalue weighted by molar-refractivity contribution is 6.05. The van der Waals surface area contributed by atoms with Gasteiger partial charge in [-0.25, -0.2) is 0 Å². The quantitative estimate of drug-likeness (QED) is 0.227. The Morgan fingerprint density at radius 2 is 1.42 bits per heavy atom. The standard InChI is InChI=1S/C45H48N6O4/c52-37-9-11-39-33(27-37)2-1-3-38(31-14-18-46-19-15-31)43(39)32-4-6-35(7-5-32)49-20-16-30(17-21-49)28-48-22-24-50(25-23-48)36-8-10-40-34(26-36)29-51(45(40)55)41-12-13-42(53)47-44(41)54/h4-11,14-15,18-19,26-27,30,41,52H,1-3,12-13,16-17,20-25,28-29H2,(H,47,53,54)/t41-/m0/s1. The lowest BCUT2D eigenvalue weighted by Crippen LogP contribution is -2.52. The maximum absolute atomic E-state index is 13.2. The van der Waals surface area contributed by atoms with Crippen LogP contribution >= 0.6 is 0 Å². The number of phenolic OH excluding ortho intramolecular Hbond substituents is 1. The second-order valence-electron chi connectivity index (χ2n) is 15.8. The molecule has 3 amide bonds. The Balaban J connectivity index is 0.798. The molecule has 5 aliphatic rings. The van der Waals surface area contributed by atoms with E-state index in [0.717, 1.165) is 76.3 Å². The number of aromatic hydroxyl groups is 1. The number of nitrogens with one attached hydrogen (secondary N) is 1. The fourth-order valence-electron chi connectivity index (χ4n) is 9.47. The lowest BCUT2D eigenvalue weighted by Gasteiger charge is -2.40. The number of aryl methyl sites for hydroxylation is 1. The average molecular weight is 737 g/mol. The summed E-state index contributed by atoms with van der Waals surface area (Å²) in [6.07, 6.45) is 9.69. The zero-order chi connectivity index (χ0) is 37.5. The second-order valence-corrected chi connectivity index (χ2v) is 15.8. The first-order valence-corrected chi connectivity index (χ1v) is 19.9. The van der Waals surface area contributed by atoms with Crippen LogP contribution in [0.3, 0.4) is 0 Å². The zero-order valence-electron chi connectivity index (χ0n) is 31.3. The van der Waals surface area contributed by atoms with Crippen molar-refractivity contribution in [3.05, 3.63) is 119 Å². The minimum Gasteiger partial charge on any atom is -0.508 e. The third-order valence-electron chi connectivity index (χ3n) is 12.5. The predicted octanol–water partition coefficient (Wildman–Crippen LogP) is 5.88. The molecule has 4 aromatic rings. The maximum Gasteiger partial charge on any atom is 0.255 e. The number of piperazine rings is 1. The molecular formula is C45H48N6O4. The van der Waals surface area contributed by atoms with Crippen molar-refractivity contribution >= 4 is 40.2 Å². The fraction of sp³-hybridized carbons (Fsp3) is 0.378. The van der Waals surface area contributed by atoms with Gasteiger partial charge in [-0.3, -0.25) is 29.6 Å². The van der Waals surface area contributed by atoms with Crippen LogP contribution in [0.5, 0.6) is 5.75 Å². The third kappa shape index (κ3) is 7.11. The number of imide groups is 1. The van der Waals surface area contributed by atoms with Crippen LogP contribution in [-0.2, 0) is 22.6 Å². The van der Waals surface area contributed by atoms with E-state index >= 15 is 0 Å². The molecule has 0 saturated carbocycles. The van der Waals surface area contributed by atoms with Crippen molar-refractivity contribution in [1.82, 2.24) is 20.1 Å². The summed E-state index contributed by atoms with van der Waals surface area (Å²) < 4.78 is 0. The first kappa shape index (κ1) is 35.2. The van der Waals surface area contributed by atoms with Crippen LogP contribution in [0.4, 0.5) is 11.4 Å². The molecule has 3 saturated heterocycles. The van der Waals surface area contributed by atoms with Crippen LogP contribution in [0.2, 0.25) is 0 Å². The Morgan fingerprint density at radius 3 is 2.18 bits per heavy atom. The van der Waals surface area contributed by atoms with Crippen molar-refractivity contribution in [2.45, 2.75) is 57.5 Å². The number of aromatic nitrogens is 1. The van der Waals surface area contributed by atoms with Crippen LogP contribution in [0.25, 0.3) is 11.1 Å². The molecule has 9 rings (SSSR count). The van der Waals surface area contributed by atoms with Crippen molar-refractivity contribution in [2.24, 2.45) is 5.92 Å². The first-order valence-electron chi connectivity index (χ1n) is 19.9. The molecule has 1 atom stereocenters. The minimum absolute atomic E-state index is 0.124. The van der Waals surface area contributed by atoms with Crippen molar-refractivity contribution in [2.75, 3.05) is 55.6 Å². The van der Waals surface area contributed by atoms with E-state index in [1.807, 2.05) is 36.7 Å². The molecule has 3 aromatic carbocycles. The number of carbonyl (C=O) groups is 3. The van der Waals surface area contributed by atoms with Gasteiger partial charge in [-0.15, -0.1) is 0 Å². The minimum atomic E-state index is -0.589. The number of pyridine rings is 1. The van der Waals surface area contributed by atoms with Gasteiger partial charge in [-0.2, -0.15) is 0 Å². The Morgan fingerprint density at radius 1 is 0.691 bits per heavy atom. The SMILES string of the molecule is O=C1CC[C@H](N2Cc3cc(N4CCN(CC5CCN(c6ccc(C7=C(c8ccncc8)CCCc8cc(O)ccc87)cc6)CC5)CC4)ccc3C2=O)C(=O)N1. The lowest BCUT2D eigenvalue weighted by molar-refractivity contribution is -0.136. The van der Waals surface area contributed by atoms with Gasteiger partial charge in [0.05, 0.1) is 0 Å². The van der Waals surface area contributed by atoms with E-state index in [2.05, 4.69) is 73.5 Å². The molecule has 0 spiro atoms. The Kier molecular flexibility index (Phi) is 9.60. The number of amides is 3. The first-order chi connectivity index (χ1) is 26.9. The monoisotopic (exact) mass is 736 g/mol. The maximum atomic E-state index is 13.2. The summed E-state index contributed by atoms with van der Waals surface area (Å²) in [6.45, 7) is 7.56. The number of benzene rings is 3. The number of rotatable bonds is 7. The number of hydrogen-bond donors (Lipinski definition) is 2. The van der Waals surface area contributed by atoms with Gasteiger partial charge in [0, 0.05) is 88.1 Å². The van der Waals surface area contributed by atoms with Crippen LogP contribution in [-0.4, -0.2) is 89.5 Å². The number of carbonyl (C=O) groups excluding carboxylic acids is 3. The van der Waals surface area contributed by atoms with Gasteiger partial charge >= 0.3 is 0 Å². The molecule has 1 aromatic heterocycles. The summed E-state index contributed by atoms with van der Waals surface area (Å²) in [5, 5.41) is 12.7.